The second-order valence-electron chi connectivity index (χ2n) is 4.19. The predicted octanol–water partition coefficient (Wildman–Crippen LogP) is 3.42. The van der Waals surface area contributed by atoms with Crippen LogP contribution in [0.4, 0.5) is 10.1 Å². The summed E-state index contributed by atoms with van der Waals surface area (Å²) in [6.07, 6.45) is 0.878. The number of amides is 1. The van der Waals surface area contributed by atoms with Gasteiger partial charge >= 0.3 is 0 Å². The zero-order chi connectivity index (χ0) is 14.4. The van der Waals surface area contributed by atoms with Gasteiger partial charge in [0.1, 0.15) is 5.82 Å². The van der Waals surface area contributed by atoms with E-state index in [2.05, 4.69) is 32.6 Å². The zero-order valence-electron chi connectivity index (χ0n) is 10.7. The molecule has 0 aliphatic rings. The van der Waals surface area contributed by atoms with Gasteiger partial charge in [0.15, 0.2) is 0 Å². The fourth-order valence-corrected chi connectivity index (χ4v) is 3.15. The molecule has 0 saturated heterocycles. The Kier molecular flexibility index (Phi) is 5.70. The van der Waals surface area contributed by atoms with Gasteiger partial charge in [0.2, 0.25) is 5.91 Å². The average molecular weight is 357 g/mol. The van der Waals surface area contributed by atoms with Gasteiger partial charge in [-0.1, -0.05) is 6.07 Å². The number of carbonyl (C=O) groups excluding carboxylic acids is 1. The van der Waals surface area contributed by atoms with E-state index in [9.17, 15) is 9.18 Å². The van der Waals surface area contributed by atoms with Crippen LogP contribution in [0.15, 0.2) is 40.2 Å². The summed E-state index contributed by atoms with van der Waals surface area (Å²) in [6, 6.07) is 9.92. The topological polar surface area (TPSA) is 41.1 Å². The number of hydrogen-bond acceptors (Lipinski definition) is 3. The number of rotatable bonds is 6. The highest BCUT2D eigenvalue weighted by Crippen LogP contribution is 2.21. The lowest BCUT2D eigenvalue weighted by molar-refractivity contribution is -0.115. The van der Waals surface area contributed by atoms with Crippen molar-refractivity contribution in [1.29, 1.82) is 0 Å². The molecule has 2 N–H and O–H groups in total. The van der Waals surface area contributed by atoms with Crippen LogP contribution >= 0.6 is 27.3 Å². The van der Waals surface area contributed by atoms with Crippen LogP contribution in [0.3, 0.4) is 0 Å². The first kappa shape index (κ1) is 15.2. The molecule has 1 amide bonds. The van der Waals surface area contributed by atoms with Crippen LogP contribution in [0.5, 0.6) is 0 Å². The van der Waals surface area contributed by atoms with E-state index in [-0.39, 0.29) is 18.3 Å². The summed E-state index contributed by atoms with van der Waals surface area (Å²) in [6.45, 7) is 0.937. The van der Waals surface area contributed by atoms with Crippen LogP contribution in [0.1, 0.15) is 4.88 Å². The van der Waals surface area contributed by atoms with E-state index in [0.717, 1.165) is 16.8 Å². The summed E-state index contributed by atoms with van der Waals surface area (Å²) in [5.41, 5.74) is 0.471. The highest BCUT2D eigenvalue weighted by molar-refractivity contribution is 9.11. The number of benzene rings is 1. The predicted molar refractivity (Wildman–Crippen MR) is 83.6 cm³/mol. The van der Waals surface area contributed by atoms with E-state index in [1.165, 1.54) is 17.0 Å². The number of nitrogens with one attached hydrogen (secondary N) is 2. The molecule has 1 aromatic heterocycles. The largest absolute Gasteiger partial charge is 0.325 e. The fraction of sp³-hybridized carbons (Fsp3) is 0.214. The van der Waals surface area contributed by atoms with Crippen molar-refractivity contribution in [1.82, 2.24) is 5.32 Å². The maximum absolute atomic E-state index is 12.9. The van der Waals surface area contributed by atoms with E-state index >= 15 is 0 Å². The van der Waals surface area contributed by atoms with Crippen LogP contribution in [0, 0.1) is 5.82 Å². The van der Waals surface area contributed by atoms with E-state index < -0.39 is 0 Å². The lowest BCUT2D eigenvalue weighted by Gasteiger charge is -2.06. The Bertz CT molecular complexity index is 588. The molecule has 106 valence electrons. The first-order valence-electron chi connectivity index (χ1n) is 6.14. The van der Waals surface area contributed by atoms with Gasteiger partial charge in [-0.15, -0.1) is 11.3 Å². The quantitative estimate of drug-likeness (QED) is 0.778. The van der Waals surface area contributed by atoms with Crippen molar-refractivity contribution >= 4 is 38.9 Å². The SMILES string of the molecule is O=C(CNCCc1ccc(Br)s1)Nc1cccc(F)c1. The molecule has 1 heterocycles. The number of thiophene rings is 1. The molecule has 0 bridgehead atoms. The molecule has 6 heteroatoms. The number of carbonyl (C=O) groups is 1. The third kappa shape index (κ3) is 5.03. The Balaban J connectivity index is 1.67. The Labute approximate surface area is 129 Å². The summed E-state index contributed by atoms with van der Waals surface area (Å²) < 4.78 is 14.1. The highest BCUT2D eigenvalue weighted by Gasteiger charge is 2.03. The molecule has 0 spiro atoms. The lowest BCUT2D eigenvalue weighted by Crippen LogP contribution is -2.29. The molecule has 0 saturated carbocycles. The highest BCUT2D eigenvalue weighted by atomic mass is 79.9. The minimum absolute atomic E-state index is 0.178. The van der Waals surface area contributed by atoms with Crippen molar-refractivity contribution in [2.45, 2.75) is 6.42 Å². The van der Waals surface area contributed by atoms with Crippen molar-refractivity contribution in [3.63, 3.8) is 0 Å². The molecule has 0 fully saturated rings. The van der Waals surface area contributed by atoms with E-state index in [4.69, 9.17) is 0 Å². The zero-order valence-corrected chi connectivity index (χ0v) is 13.1. The fourth-order valence-electron chi connectivity index (χ4n) is 1.67. The van der Waals surface area contributed by atoms with Crippen LogP contribution in [0.2, 0.25) is 0 Å². The average Bonchev–Trinajstić information content (AvgIpc) is 2.80. The van der Waals surface area contributed by atoms with Gasteiger partial charge in [-0.25, -0.2) is 4.39 Å². The van der Waals surface area contributed by atoms with Crippen molar-refractivity contribution < 1.29 is 9.18 Å². The third-order valence-electron chi connectivity index (χ3n) is 2.57. The molecule has 2 rings (SSSR count). The molecule has 0 radical (unpaired) electrons. The summed E-state index contributed by atoms with van der Waals surface area (Å²) >= 11 is 5.10. The lowest BCUT2D eigenvalue weighted by atomic mass is 10.3. The third-order valence-corrected chi connectivity index (χ3v) is 4.25. The molecule has 2 aromatic rings. The van der Waals surface area contributed by atoms with Gasteiger partial charge < -0.3 is 10.6 Å². The van der Waals surface area contributed by atoms with Gasteiger partial charge in [0, 0.05) is 17.1 Å². The Hall–Kier alpha value is -1.24. The number of halogens is 2. The molecule has 20 heavy (non-hydrogen) atoms. The molecule has 0 aliphatic heterocycles. The van der Waals surface area contributed by atoms with E-state index in [1.54, 1.807) is 23.5 Å². The first-order chi connectivity index (χ1) is 9.63. The van der Waals surface area contributed by atoms with E-state index in [1.807, 2.05) is 6.07 Å². The first-order valence-corrected chi connectivity index (χ1v) is 7.75. The summed E-state index contributed by atoms with van der Waals surface area (Å²) in [7, 11) is 0. The number of anilines is 1. The molecular weight excluding hydrogens is 343 g/mol. The smallest absolute Gasteiger partial charge is 0.238 e. The Morgan fingerprint density at radius 1 is 1.30 bits per heavy atom. The van der Waals surface area contributed by atoms with Crippen molar-refractivity contribution in [3.05, 3.63) is 50.9 Å². The van der Waals surface area contributed by atoms with Crippen LogP contribution in [0.25, 0.3) is 0 Å². The van der Waals surface area contributed by atoms with Crippen LogP contribution in [-0.4, -0.2) is 19.0 Å². The normalized spacial score (nSPS) is 10.5. The summed E-state index contributed by atoms with van der Waals surface area (Å²) in [5.74, 6) is -0.540. The van der Waals surface area contributed by atoms with E-state index in [0.29, 0.717) is 5.69 Å². The number of hydrogen-bond donors (Lipinski definition) is 2. The Morgan fingerprint density at radius 3 is 2.85 bits per heavy atom. The monoisotopic (exact) mass is 356 g/mol. The minimum atomic E-state index is -0.362. The molecule has 0 unspecified atom stereocenters. The molecular formula is C14H14BrFN2OS. The molecule has 3 nitrogen and oxygen atoms in total. The molecule has 1 aromatic carbocycles. The molecule has 0 atom stereocenters. The Morgan fingerprint density at radius 2 is 2.15 bits per heavy atom. The van der Waals surface area contributed by atoms with Gasteiger partial charge in [-0.2, -0.15) is 0 Å². The van der Waals surface area contributed by atoms with Gasteiger partial charge in [0.25, 0.3) is 0 Å². The second kappa shape index (κ2) is 7.52. The van der Waals surface area contributed by atoms with Gasteiger partial charge in [-0.3, -0.25) is 4.79 Å². The maximum Gasteiger partial charge on any atom is 0.238 e. The summed E-state index contributed by atoms with van der Waals surface area (Å²) in [4.78, 5) is 12.9. The minimum Gasteiger partial charge on any atom is -0.325 e. The van der Waals surface area contributed by atoms with Crippen LogP contribution < -0.4 is 10.6 Å². The maximum atomic E-state index is 12.9. The van der Waals surface area contributed by atoms with Crippen molar-refractivity contribution in [3.8, 4) is 0 Å². The second-order valence-corrected chi connectivity index (χ2v) is 6.74. The van der Waals surface area contributed by atoms with Crippen LogP contribution in [-0.2, 0) is 11.2 Å². The van der Waals surface area contributed by atoms with Crippen molar-refractivity contribution in [2.75, 3.05) is 18.4 Å². The van der Waals surface area contributed by atoms with Crippen molar-refractivity contribution in [2.24, 2.45) is 0 Å². The standard InChI is InChI=1S/C14H14BrFN2OS/c15-13-5-4-12(20-13)6-7-17-9-14(19)18-11-3-1-2-10(16)8-11/h1-5,8,17H,6-7,9H2,(H,18,19). The van der Waals surface area contributed by atoms with Gasteiger partial charge in [-0.05, 0) is 52.7 Å². The molecule has 0 aliphatic carbocycles. The van der Waals surface area contributed by atoms with Gasteiger partial charge in [0.05, 0.1) is 10.3 Å². The summed E-state index contributed by atoms with van der Waals surface area (Å²) in [5, 5.41) is 5.70.